The van der Waals surface area contributed by atoms with E-state index in [0.29, 0.717) is 29.4 Å². The Morgan fingerprint density at radius 3 is 2.43 bits per heavy atom. The number of carbonyl (C=O) groups excluding carboxylic acids is 2. The van der Waals surface area contributed by atoms with Gasteiger partial charge in [-0.3, -0.25) is 9.59 Å². The smallest absolute Gasteiger partial charge is 0.224 e. The summed E-state index contributed by atoms with van der Waals surface area (Å²) < 4.78 is 18.6. The number of amides is 2. The number of nitrogens with zero attached hydrogens (tertiary/aromatic N) is 1. The van der Waals surface area contributed by atoms with Gasteiger partial charge < -0.3 is 15.1 Å². The molecular formula is C21H20FN3O3. The van der Waals surface area contributed by atoms with Crippen LogP contribution in [0.1, 0.15) is 24.8 Å². The van der Waals surface area contributed by atoms with Crippen molar-refractivity contribution in [2.24, 2.45) is 0 Å². The quantitative estimate of drug-likeness (QED) is 0.666. The van der Waals surface area contributed by atoms with Crippen molar-refractivity contribution < 1.29 is 18.4 Å². The van der Waals surface area contributed by atoms with Gasteiger partial charge in [-0.25, -0.2) is 9.37 Å². The number of carbonyl (C=O) groups is 2. The zero-order chi connectivity index (χ0) is 20.1. The summed E-state index contributed by atoms with van der Waals surface area (Å²) in [6.45, 7) is 3.26. The number of nitrogens with one attached hydrogen (secondary N) is 2. The van der Waals surface area contributed by atoms with E-state index in [4.69, 9.17) is 4.42 Å². The maximum atomic E-state index is 13.0. The third-order valence-corrected chi connectivity index (χ3v) is 4.17. The average Bonchev–Trinajstić information content (AvgIpc) is 3.13. The van der Waals surface area contributed by atoms with Crippen LogP contribution in [0.25, 0.3) is 11.3 Å². The van der Waals surface area contributed by atoms with Crippen molar-refractivity contribution in [3.05, 3.63) is 65.9 Å². The van der Waals surface area contributed by atoms with E-state index in [-0.39, 0.29) is 24.1 Å². The molecule has 0 aliphatic carbocycles. The van der Waals surface area contributed by atoms with Crippen LogP contribution in [0.4, 0.5) is 15.8 Å². The van der Waals surface area contributed by atoms with E-state index in [1.54, 1.807) is 36.5 Å². The third kappa shape index (κ3) is 4.82. The summed E-state index contributed by atoms with van der Waals surface area (Å²) in [5, 5.41) is 5.57. The SMILES string of the molecule is CC(=O)Nc1cccc(NC(=O)CCc2ncc(-c3ccc(F)cc3)o2)c1C. The van der Waals surface area contributed by atoms with Gasteiger partial charge in [-0.15, -0.1) is 0 Å². The summed E-state index contributed by atoms with van der Waals surface area (Å²) in [6.07, 6.45) is 2.08. The minimum absolute atomic E-state index is 0.174. The first-order valence-electron chi connectivity index (χ1n) is 8.80. The normalized spacial score (nSPS) is 10.5. The predicted molar refractivity (Wildman–Crippen MR) is 104 cm³/mol. The van der Waals surface area contributed by atoms with Gasteiger partial charge in [-0.2, -0.15) is 0 Å². The molecule has 0 unspecified atom stereocenters. The summed E-state index contributed by atoms with van der Waals surface area (Å²) in [5.74, 6) is 0.266. The van der Waals surface area contributed by atoms with E-state index in [2.05, 4.69) is 15.6 Å². The second-order valence-corrected chi connectivity index (χ2v) is 6.33. The molecule has 0 aliphatic heterocycles. The molecule has 1 heterocycles. The lowest BCUT2D eigenvalue weighted by molar-refractivity contribution is -0.116. The molecule has 0 atom stereocenters. The molecule has 0 spiro atoms. The lowest BCUT2D eigenvalue weighted by Crippen LogP contribution is -2.14. The minimum Gasteiger partial charge on any atom is -0.441 e. The molecule has 3 aromatic rings. The Labute approximate surface area is 161 Å². The summed E-state index contributed by atoms with van der Waals surface area (Å²) in [6, 6.07) is 11.2. The predicted octanol–water partition coefficient (Wildman–Crippen LogP) is 4.32. The summed E-state index contributed by atoms with van der Waals surface area (Å²) in [7, 11) is 0. The number of rotatable bonds is 6. The maximum Gasteiger partial charge on any atom is 0.224 e. The molecule has 144 valence electrons. The molecule has 3 rings (SSSR count). The van der Waals surface area contributed by atoms with E-state index >= 15 is 0 Å². The maximum absolute atomic E-state index is 13.0. The van der Waals surface area contributed by atoms with Crippen LogP contribution in [0.5, 0.6) is 0 Å². The van der Waals surface area contributed by atoms with Crippen LogP contribution in [-0.2, 0) is 16.0 Å². The fourth-order valence-electron chi connectivity index (χ4n) is 2.70. The molecule has 2 amide bonds. The molecule has 7 heteroatoms. The van der Waals surface area contributed by atoms with Gasteiger partial charge in [0.15, 0.2) is 11.7 Å². The first-order valence-corrected chi connectivity index (χ1v) is 8.80. The fraction of sp³-hybridized carbons (Fsp3) is 0.190. The van der Waals surface area contributed by atoms with Gasteiger partial charge in [0.25, 0.3) is 0 Å². The van der Waals surface area contributed by atoms with Gasteiger partial charge in [0.1, 0.15) is 5.82 Å². The van der Waals surface area contributed by atoms with Crippen molar-refractivity contribution in [1.82, 2.24) is 4.98 Å². The van der Waals surface area contributed by atoms with E-state index < -0.39 is 0 Å². The third-order valence-electron chi connectivity index (χ3n) is 4.17. The van der Waals surface area contributed by atoms with Crippen LogP contribution in [0.2, 0.25) is 0 Å². The molecule has 2 N–H and O–H groups in total. The molecule has 1 aromatic heterocycles. The van der Waals surface area contributed by atoms with Crippen molar-refractivity contribution in [1.29, 1.82) is 0 Å². The molecule has 0 fully saturated rings. The number of benzene rings is 2. The van der Waals surface area contributed by atoms with Crippen LogP contribution in [0, 0.1) is 12.7 Å². The van der Waals surface area contributed by atoms with Crippen molar-refractivity contribution in [3.8, 4) is 11.3 Å². The Kier molecular flexibility index (Phi) is 5.84. The van der Waals surface area contributed by atoms with Gasteiger partial charge in [-0.05, 0) is 48.9 Å². The number of aryl methyl sites for hydroxylation is 1. The van der Waals surface area contributed by atoms with Crippen molar-refractivity contribution in [2.45, 2.75) is 26.7 Å². The van der Waals surface area contributed by atoms with Crippen LogP contribution < -0.4 is 10.6 Å². The molecule has 0 saturated heterocycles. The summed E-state index contributed by atoms with van der Waals surface area (Å²) in [4.78, 5) is 27.7. The number of halogens is 1. The molecule has 28 heavy (non-hydrogen) atoms. The van der Waals surface area contributed by atoms with Crippen molar-refractivity contribution in [2.75, 3.05) is 10.6 Å². The van der Waals surface area contributed by atoms with Gasteiger partial charge in [0.2, 0.25) is 11.8 Å². The first-order chi connectivity index (χ1) is 13.4. The number of anilines is 2. The van der Waals surface area contributed by atoms with Gasteiger partial charge in [0, 0.05) is 36.7 Å². The zero-order valence-corrected chi connectivity index (χ0v) is 15.6. The van der Waals surface area contributed by atoms with Crippen LogP contribution in [-0.4, -0.2) is 16.8 Å². The molecule has 2 aromatic carbocycles. The Balaban J connectivity index is 1.59. The largest absolute Gasteiger partial charge is 0.441 e. The topological polar surface area (TPSA) is 84.2 Å². The van der Waals surface area contributed by atoms with E-state index in [1.807, 2.05) is 6.92 Å². The molecule has 6 nitrogen and oxygen atoms in total. The summed E-state index contributed by atoms with van der Waals surface area (Å²) >= 11 is 0. The van der Waals surface area contributed by atoms with Crippen LogP contribution >= 0.6 is 0 Å². The number of hydrogen-bond donors (Lipinski definition) is 2. The van der Waals surface area contributed by atoms with Gasteiger partial charge >= 0.3 is 0 Å². The van der Waals surface area contributed by atoms with Crippen LogP contribution in [0.3, 0.4) is 0 Å². The Morgan fingerprint density at radius 1 is 1.07 bits per heavy atom. The molecule has 0 aliphatic rings. The second-order valence-electron chi connectivity index (χ2n) is 6.33. The number of aromatic nitrogens is 1. The molecular weight excluding hydrogens is 361 g/mol. The average molecular weight is 381 g/mol. The van der Waals surface area contributed by atoms with Crippen molar-refractivity contribution >= 4 is 23.2 Å². The van der Waals surface area contributed by atoms with Gasteiger partial charge in [0.05, 0.1) is 6.20 Å². The van der Waals surface area contributed by atoms with Crippen molar-refractivity contribution in [3.63, 3.8) is 0 Å². The van der Waals surface area contributed by atoms with E-state index in [1.165, 1.54) is 19.1 Å². The number of hydrogen-bond acceptors (Lipinski definition) is 4. The van der Waals surface area contributed by atoms with E-state index in [0.717, 1.165) is 11.1 Å². The van der Waals surface area contributed by atoms with Crippen LogP contribution in [0.15, 0.2) is 53.1 Å². The highest BCUT2D eigenvalue weighted by molar-refractivity contribution is 5.95. The highest BCUT2D eigenvalue weighted by atomic mass is 19.1. The summed E-state index contributed by atoms with van der Waals surface area (Å²) in [5.41, 5.74) is 2.79. The van der Waals surface area contributed by atoms with E-state index in [9.17, 15) is 14.0 Å². The minimum atomic E-state index is -0.321. The van der Waals surface area contributed by atoms with Gasteiger partial charge in [-0.1, -0.05) is 6.07 Å². The molecule has 0 bridgehead atoms. The monoisotopic (exact) mass is 381 g/mol. The molecule has 0 radical (unpaired) electrons. The highest BCUT2D eigenvalue weighted by Gasteiger charge is 2.11. The Hall–Kier alpha value is -3.48. The first kappa shape index (κ1) is 19.3. The Bertz CT molecular complexity index is 996. The zero-order valence-electron chi connectivity index (χ0n) is 15.6. The number of oxazole rings is 1. The molecule has 0 saturated carbocycles. The fourth-order valence-corrected chi connectivity index (χ4v) is 2.70. The standard InChI is InChI=1S/C21H20FN3O3/c1-13-17(24-14(2)26)4-3-5-18(13)25-20(27)10-11-21-23-12-19(28-21)15-6-8-16(22)9-7-15/h3-9,12H,10-11H2,1-2H3,(H,24,26)(H,25,27). The Morgan fingerprint density at radius 2 is 1.75 bits per heavy atom. The second kappa shape index (κ2) is 8.47. The highest BCUT2D eigenvalue weighted by Crippen LogP contribution is 2.24. The lowest BCUT2D eigenvalue weighted by Gasteiger charge is -2.12. The lowest BCUT2D eigenvalue weighted by atomic mass is 10.1.